The summed E-state index contributed by atoms with van der Waals surface area (Å²) >= 11 is 0. The molecule has 1 aliphatic rings. The Kier molecular flexibility index (Phi) is 8.00. The standard InChI is InChI=1S/C19H31N3O5/c1-21(2)9-10-22(3)17-15(27-16(12-23)18(17)24)11-20-19(25)13-5-7-14(26-4)8-6-13/h5-8,15-18,23-24H,9-12H2,1-4H3,(H,20,25)/t15-,16+,17-,18-/m1/s1. The van der Waals surface area contributed by atoms with Gasteiger partial charge in [-0.2, -0.15) is 0 Å². The van der Waals surface area contributed by atoms with E-state index in [1.807, 2.05) is 26.0 Å². The largest absolute Gasteiger partial charge is 0.497 e. The fourth-order valence-electron chi connectivity index (χ4n) is 3.23. The number of ether oxygens (including phenoxy) is 2. The van der Waals surface area contributed by atoms with Crippen LogP contribution in [0, 0.1) is 0 Å². The number of rotatable bonds is 9. The van der Waals surface area contributed by atoms with Gasteiger partial charge in [-0.25, -0.2) is 0 Å². The monoisotopic (exact) mass is 381 g/mol. The highest BCUT2D eigenvalue weighted by Crippen LogP contribution is 2.25. The third-order valence-electron chi connectivity index (χ3n) is 4.87. The van der Waals surface area contributed by atoms with E-state index in [0.29, 0.717) is 11.3 Å². The molecule has 0 aromatic heterocycles. The zero-order valence-corrected chi connectivity index (χ0v) is 16.5. The van der Waals surface area contributed by atoms with Crippen LogP contribution in [-0.4, -0.2) is 105 Å². The summed E-state index contributed by atoms with van der Waals surface area (Å²) in [6.07, 6.45) is -1.88. The van der Waals surface area contributed by atoms with Gasteiger partial charge in [0, 0.05) is 25.2 Å². The summed E-state index contributed by atoms with van der Waals surface area (Å²) in [4.78, 5) is 16.5. The quantitative estimate of drug-likeness (QED) is 0.526. The van der Waals surface area contributed by atoms with Crippen LogP contribution in [-0.2, 0) is 4.74 Å². The molecular weight excluding hydrogens is 350 g/mol. The molecule has 8 nitrogen and oxygen atoms in total. The van der Waals surface area contributed by atoms with Crippen molar-refractivity contribution >= 4 is 5.91 Å². The normalized spacial score (nSPS) is 25.2. The maximum Gasteiger partial charge on any atom is 0.251 e. The number of nitrogens with one attached hydrogen (secondary N) is 1. The predicted octanol–water partition coefficient (Wildman–Crippen LogP) is -0.592. The fraction of sp³-hybridized carbons (Fsp3) is 0.632. The number of likely N-dealkylation sites (N-methyl/N-ethyl adjacent to an activating group) is 2. The van der Waals surface area contributed by atoms with Crippen molar-refractivity contribution in [1.29, 1.82) is 0 Å². The van der Waals surface area contributed by atoms with Crippen LogP contribution in [0.25, 0.3) is 0 Å². The van der Waals surface area contributed by atoms with Gasteiger partial charge in [0.05, 0.1) is 25.9 Å². The van der Waals surface area contributed by atoms with E-state index in [4.69, 9.17) is 9.47 Å². The van der Waals surface area contributed by atoms with Gasteiger partial charge in [0.2, 0.25) is 0 Å². The van der Waals surface area contributed by atoms with E-state index in [-0.39, 0.29) is 25.1 Å². The summed E-state index contributed by atoms with van der Waals surface area (Å²) in [5.74, 6) is 0.458. The van der Waals surface area contributed by atoms with E-state index in [0.717, 1.165) is 13.1 Å². The summed E-state index contributed by atoms with van der Waals surface area (Å²) in [5, 5.41) is 22.9. The third-order valence-corrected chi connectivity index (χ3v) is 4.87. The van der Waals surface area contributed by atoms with E-state index in [1.165, 1.54) is 0 Å². The predicted molar refractivity (Wildman–Crippen MR) is 102 cm³/mol. The molecule has 1 aromatic rings. The lowest BCUT2D eigenvalue weighted by atomic mass is 10.0. The molecule has 1 saturated heterocycles. The second kappa shape index (κ2) is 10.0. The van der Waals surface area contributed by atoms with Gasteiger partial charge in [0.25, 0.3) is 5.91 Å². The summed E-state index contributed by atoms with van der Waals surface area (Å²) in [6.45, 7) is 1.55. The van der Waals surface area contributed by atoms with Crippen LogP contribution in [0.2, 0.25) is 0 Å². The molecule has 0 aliphatic carbocycles. The van der Waals surface area contributed by atoms with Crippen molar-refractivity contribution in [3.8, 4) is 5.75 Å². The van der Waals surface area contributed by atoms with E-state index in [2.05, 4.69) is 10.2 Å². The number of nitrogens with zero attached hydrogens (tertiary/aromatic N) is 2. The Labute approximate surface area is 160 Å². The Bertz CT molecular complexity index is 596. The molecule has 8 heteroatoms. The number of amides is 1. The highest BCUT2D eigenvalue weighted by Gasteiger charge is 2.45. The summed E-state index contributed by atoms with van der Waals surface area (Å²) in [5.41, 5.74) is 0.519. The number of aliphatic hydroxyl groups excluding tert-OH is 2. The molecule has 0 unspecified atom stereocenters. The molecular formula is C19H31N3O5. The van der Waals surface area contributed by atoms with E-state index < -0.39 is 18.3 Å². The summed E-state index contributed by atoms with van der Waals surface area (Å²) in [6, 6.07) is 6.53. The molecule has 27 heavy (non-hydrogen) atoms. The molecule has 0 bridgehead atoms. The average molecular weight is 381 g/mol. The number of aliphatic hydroxyl groups is 2. The zero-order chi connectivity index (χ0) is 20.0. The minimum Gasteiger partial charge on any atom is -0.497 e. The molecule has 0 saturated carbocycles. The van der Waals surface area contributed by atoms with Crippen molar-refractivity contribution in [2.45, 2.75) is 24.4 Å². The van der Waals surface area contributed by atoms with Crippen molar-refractivity contribution in [2.24, 2.45) is 0 Å². The second-order valence-electron chi connectivity index (χ2n) is 7.10. The van der Waals surface area contributed by atoms with Gasteiger partial charge < -0.3 is 29.9 Å². The van der Waals surface area contributed by atoms with Crippen LogP contribution in [0.5, 0.6) is 5.75 Å². The number of benzene rings is 1. The second-order valence-corrected chi connectivity index (χ2v) is 7.10. The first kappa shape index (κ1) is 21.6. The van der Waals surface area contributed by atoms with Crippen LogP contribution < -0.4 is 10.1 Å². The van der Waals surface area contributed by atoms with E-state index >= 15 is 0 Å². The first-order valence-electron chi connectivity index (χ1n) is 9.09. The molecule has 1 amide bonds. The Morgan fingerprint density at radius 3 is 2.41 bits per heavy atom. The van der Waals surface area contributed by atoms with Crippen molar-refractivity contribution in [3.05, 3.63) is 29.8 Å². The molecule has 0 radical (unpaired) electrons. The molecule has 0 spiro atoms. The van der Waals surface area contributed by atoms with Gasteiger partial charge in [0.1, 0.15) is 18.0 Å². The molecule has 1 aliphatic heterocycles. The first-order chi connectivity index (χ1) is 12.9. The number of carbonyl (C=O) groups is 1. The van der Waals surface area contributed by atoms with Crippen molar-refractivity contribution in [2.75, 3.05) is 54.5 Å². The van der Waals surface area contributed by atoms with Gasteiger partial charge in [-0.15, -0.1) is 0 Å². The zero-order valence-electron chi connectivity index (χ0n) is 16.5. The highest BCUT2D eigenvalue weighted by molar-refractivity contribution is 5.94. The molecule has 1 aromatic carbocycles. The first-order valence-corrected chi connectivity index (χ1v) is 9.09. The van der Waals surface area contributed by atoms with Crippen molar-refractivity contribution in [3.63, 3.8) is 0 Å². The van der Waals surface area contributed by atoms with Crippen LogP contribution in [0.4, 0.5) is 0 Å². The number of hydrogen-bond donors (Lipinski definition) is 3. The Hall–Kier alpha value is -1.71. The lowest BCUT2D eigenvalue weighted by molar-refractivity contribution is -0.0209. The number of hydrogen-bond acceptors (Lipinski definition) is 7. The molecule has 3 N–H and O–H groups in total. The third kappa shape index (κ3) is 5.63. The van der Waals surface area contributed by atoms with Gasteiger partial charge in [-0.3, -0.25) is 9.69 Å². The number of carbonyl (C=O) groups excluding carboxylic acids is 1. The average Bonchev–Trinajstić information content (AvgIpc) is 2.99. The Balaban J connectivity index is 1.99. The Morgan fingerprint density at radius 2 is 1.85 bits per heavy atom. The molecule has 4 atom stereocenters. The summed E-state index contributed by atoms with van der Waals surface area (Å²) < 4.78 is 10.9. The van der Waals surface area contributed by atoms with Gasteiger partial charge >= 0.3 is 0 Å². The minimum atomic E-state index is -0.815. The lowest BCUT2D eigenvalue weighted by Gasteiger charge is -2.31. The lowest BCUT2D eigenvalue weighted by Crippen LogP contribution is -2.51. The highest BCUT2D eigenvalue weighted by atomic mass is 16.5. The SMILES string of the molecule is COc1ccc(C(=O)NC[C@H]2O[C@@H](CO)[C@@H](O)[C@@H]2N(C)CCN(C)C)cc1. The minimum absolute atomic E-state index is 0.224. The topological polar surface area (TPSA) is 94.5 Å². The van der Waals surface area contributed by atoms with Crippen LogP contribution >= 0.6 is 0 Å². The molecule has 1 heterocycles. The van der Waals surface area contributed by atoms with Crippen LogP contribution in [0.15, 0.2) is 24.3 Å². The van der Waals surface area contributed by atoms with E-state index in [9.17, 15) is 15.0 Å². The van der Waals surface area contributed by atoms with Gasteiger partial charge in [-0.1, -0.05) is 0 Å². The smallest absolute Gasteiger partial charge is 0.251 e. The van der Waals surface area contributed by atoms with Crippen molar-refractivity contribution in [1.82, 2.24) is 15.1 Å². The maximum atomic E-state index is 12.4. The number of methoxy groups -OCH3 is 1. The summed E-state index contributed by atoms with van der Waals surface area (Å²) in [7, 11) is 7.46. The molecule has 2 rings (SSSR count). The van der Waals surface area contributed by atoms with Crippen molar-refractivity contribution < 1.29 is 24.5 Å². The van der Waals surface area contributed by atoms with Crippen LogP contribution in [0.1, 0.15) is 10.4 Å². The maximum absolute atomic E-state index is 12.4. The molecule has 1 fully saturated rings. The van der Waals surface area contributed by atoms with E-state index in [1.54, 1.807) is 31.4 Å². The van der Waals surface area contributed by atoms with Gasteiger partial charge in [-0.05, 0) is 45.4 Å². The van der Waals surface area contributed by atoms with Crippen LogP contribution in [0.3, 0.4) is 0 Å². The Morgan fingerprint density at radius 1 is 1.19 bits per heavy atom. The molecule has 152 valence electrons. The van der Waals surface area contributed by atoms with Gasteiger partial charge in [0.15, 0.2) is 0 Å². The fourth-order valence-corrected chi connectivity index (χ4v) is 3.23.